The Hall–Kier alpha value is -3.55. The molecular weight excluding hydrogens is 369 g/mol. The Kier molecular flexibility index (Phi) is 4.18. The zero-order valence-corrected chi connectivity index (χ0v) is 14.6. The fourth-order valence-corrected chi connectivity index (χ4v) is 2.84. The van der Waals surface area contributed by atoms with Gasteiger partial charge in [0.2, 0.25) is 0 Å². The van der Waals surface area contributed by atoms with Crippen LogP contribution in [0.4, 0.5) is 13.2 Å². The molecule has 0 saturated heterocycles. The summed E-state index contributed by atoms with van der Waals surface area (Å²) in [6, 6.07) is 12.4. The van der Waals surface area contributed by atoms with E-state index in [-0.39, 0.29) is 17.3 Å². The van der Waals surface area contributed by atoms with Crippen LogP contribution in [0.2, 0.25) is 0 Å². The Morgan fingerprint density at radius 2 is 1.71 bits per heavy atom. The number of nitrogens with zero attached hydrogens (tertiary/aromatic N) is 4. The van der Waals surface area contributed by atoms with Crippen molar-refractivity contribution in [2.24, 2.45) is 0 Å². The summed E-state index contributed by atoms with van der Waals surface area (Å²) in [5, 5.41) is 0. The molecule has 0 aromatic carbocycles. The third kappa shape index (κ3) is 3.24. The number of aromatic nitrogens is 4. The lowest BCUT2D eigenvalue weighted by Gasteiger charge is -2.08. The van der Waals surface area contributed by atoms with Crippen LogP contribution in [0.1, 0.15) is 23.1 Å². The molecule has 0 radical (unpaired) electrons. The van der Waals surface area contributed by atoms with Crippen molar-refractivity contribution in [1.82, 2.24) is 19.4 Å². The van der Waals surface area contributed by atoms with Crippen molar-refractivity contribution in [3.8, 4) is 22.8 Å². The maximum absolute atomic E-state index is 13.0. The molecule has 0 aliphatic heterocycles. The summed E-state index contributed by atoms with van der Waals surface area (Å²) in [5.41, 5.74) is 1.43. The smallest absolute Gasteiger partial charge is 0.298 e. The van der Waals surface area contributed by atoms with Crippen molar-refractivity contribution in [3.05, 3.63) is 72.3 Å². The van der Waals surface area contributed by atoms with Crippen LogP contribution < -0.4 is 0 Å². The number of imidazole rings is 1. The van der Waals surface area contributed by atoms with Crippen LogP contribution in [0, 0.1) is 0 Å². The lowest BCUT2D eigenvalue weighted by molar-refractivity contribution is -0.141. The molecule has 0 amide bonds. The zero-order valence-electron chi connectivity index (χ0n) is 14.6. The summed E-state index contributed by atoms with van der Waals surface area (Å²) >= 11 is 0. The molecule has 0 bridgehead atoms. The highest BCUT2D eigenvalue weighted by Crippen LogP contribution is 2.30. The normalized spacial score (nSPS) is 11.7. The van der Waals surface area contributed by atoms with Crippen LogP contribution in [-0.2, 0) is 6.18 Å². The van der Waals surface area contributed by atoms with E-state index in [0.717, 1.165) is 6.07 Å². The highest BCUT2D eigenvalue weighted by atomic mass is 19.4. The number of alkyl halides is 3. The Morgan fingerprint density at radius 3 is 2.46 bits per heavy atom. The number of pyridine rings is 3. The first-order chi connectivity index (χ1) is 13.3. The first-order valence-electron chi connectivity index (χ1n) is 8.33. The van der Waals surface area contributed by atoms with Gasteiger partial charge in [-0.2, -0.15) is 13.2 Å². The Morgan fingerprint density at radius 1 is 0.964 bits per heavy atom. The number of carbonyl (C=O) groups is 1. The maximum atomic E-state index is 13.0. The summed E-state index contributed by atoms with van der Waals surface area (Å²) in [6.07, 6.45) is -1.27. The predicted octanol–water partition coefficient (Wildman–Crippen LogP) is 4.68. The number of fused-ring (bicyclic) bond motifs is 1. The van der Waals surface area contributed by atoms with Gasteiger partial charge < -0.3 is 0 Å². The van der Waals surface area contributed by atoms with E-state index in [2.05, 4.69) is 15.0 Å². The van der Waals surface area contributed by atoms with Crippen LogP contribution in [0.25, 0.3) is 28.3 Å². The lowest BCUT2D eigenvalue weighted by atomic mass is 10.1. The molecule has 4 heterocycles. The molecule has 140 valence electrons. The molecule has 5 nitrogen and oxygen atoms in total. The van der Waals surface area contributed by atoms with Gasteiger partial charge in [0.1, 0.15) is 17.1 Å². The van der Waals surface area contributed by atoms with Crippen molar-refractivity contribution >= 4 is 11.3 Å². The molecular formula is C20H13F3N4O. The van der Waals surface area contributed by atoms with Gasteiger partial charge in [0.15, 0.2) is 11.6 Å². The van der Waals surface area contributed by atoms with E-state index < -0.39 is 11.9 Å². The van der Waals surface area contributed by atoms with Crippen molar-refractivity contribution < 1.29 is 18.0 Å². The SMILES string of the molecule is CC(=O)c1cccc(-c2ccc3cnc(-c4cccc(C(F)(F)F)n4)n3c2)n1. The third-order valence-corrected chi connectivity index (χ3v) is 4.20. The molecule has 0 spiro atoms. The molecule has 0 N–H and O–H groups in total. The number of Topliss-reactive ketones (excluding diaryl/α,β-unsaturated/α-hetero) is 1. The monoisotopic (exact) mass is 382 g/mol. The maximum Gasteiger partial charge on any atom is 0.433 e. The van der Waals surface area contributed by atoms with Gasteiger partial charge in [-0.1, -0.05) is 12.1 Å². The summed E-state index contributed by atoms with van der Waals surface area (Å²) in [6.45, 7) is 1.43. The van der Waals surface area contributed by atoms with Crippen molar-refractivity contribution in [1.29, 1.82) is 0 Å². The quantitative estimate of drug-likeness (QED) is 0.483. The van der Waals surface area contributed by atoms with Gasteiger partial charge in [0, 0.05) is 18.7 Å². The van der Waals surface area contributed by atoms with E-state index in [0.29, 0.717) is 22.5 Å². The minimum absolute atomic E-state index is 0.109. The Labute approximate surface area is 157 Å². The average molecular weight is 382 g/mol. The second-order valence-electron chi connectivity index (χ2n) is 6.16. The van der Waals surface area contributed by atoms with E-state index in [4.69, 9.17) is 0 Å². The van der Waals surface area contributed by atoms with Crippen molar-refractivity contribution in [2.45, 2.75) is 13.1 Å². The number of rotatable bonds is 3. The van der Waals surface area contributed by atoms with E-state index >= 15 is 0 Å². The first-order valence-corrected chi connectivity index (χ1v) is 8.33. The highest BCUT2D eigenvalue weighted by Gasteiger charge is 2.32. The van der Waals surface area contributed by atoms with Gasteiger partial charge in [0.25, 0.3) is 0 Å². The van der Waals surface area contributed by atoms with Gasteiger partial charge in [-0.05, 0) is 36.4 Å². The highest BCUT2D eigenvalue weighted by molar-refractivity contribution is 5.92. The minimum atomic E-state index is -4.54. The van der Waals surface area contributed by atoms with Gasteiger partial charge in [-0.25, -0.2) is 15.0 Å². The molecule has 4 aromatic rings. The van der Waals surface area contributed by atoms with E-state index in [1.807, 2.05) is 6.07 Å². The second-order valence-corrected chi connectivity index (χ2v) is 6.16. The van der Waals surface area contributed by atoms with Crippen LogP contribution in [0.3, 0.4) is 0 Å². The van der Waals surface area contributed by atoms with Gasteiger partial charge in [-0.3, -0.25) is 9.20 Å². The summed E-state index contributed by atoms with van der Waals surface area (Å²) < 4.78 is 40.6. The number of carbonyl (C=O) groups excluding carboxylic acids is 1. The molecule has 0 saturated carbocycles. The van der Waals surface area contributed by atoms with Crippen LogP contribution in [0.15, 0.2) is 60.9 Å². The summed E-state index contributed by atoms with van der Waals surface area (Å²) in [4.78, 5) is 23.8. The molecule has 0 fully saturated rings. The minimum Gasteiger partial charge on any atom is -0.298 e. The largest absolute Gasteiger partial charge is 0.433 e. The molecule has 4 rings (SSSR count). The summed E-state index contributed by atoms with van der Waals surface area (Å²) in [5.74, 6) is 0.130. The molecule has 0 unspecified atom stereocenters. The van der Waals surface area contributed by atoms with E-state index in [1.54, 1.807) is 41.1 Å². The van der Waals surface area contributed by atoms with E-state index in [1.165, 1.54) is 19.1 Å². The Bertz CT molecular complexity index is 1200. The second kappa shape index (κ2) is 6.56. The molecule has 28 heavy (non-hydrogen) atoms. The summed E-state index contributed by atoms with van der Waals surface area (Å²) in [7, 11) is 0. The lowest BCUT2D eigenvalue weighted by Crippen LogP contribution is -2.08. The topological polar surface area (TPSA) is 60.2 Å². The standard InChI is InChI=1S/C20H13F3N4O/c1-12(28)15-4-2-5-16(25-15)13-8-9-14-10-24-19(27(14)11-13)17-6-3-7-18(26-17)20(21,22)23/h2-11H,1H3. The van der Waals surface area contributed by atoms with Crippen LogP contribution in [0.5, 0.6) is 0 Å². The Balaban J connectivity index is 1.84. The van der Waals surface area contributed by atoms with Gasteiger partial charge >= 0.3 is 6.18 Å². The molecule has 8 heteroatoms. The number of hydrogen-bond donors (Lipinski definition) is 0. The molecule has 0 aliphatic carbocycles. The molecule has 4 aromatic heterocycles. The fraction of sp³-hybridized carbons (Fsp3) is 0.100. The van der Waals surface area contributed by atoms with Crippen molar-refractivity contribution in [3.63, 3.8) is 0 Å². The molecule has 0 aliphatic rings. The molecule has 0 atom stereocenters. The van der Waals surface area contributed by atoms with E-state index in [9.17, 15) is 18.0 Å². The van der Waals surface area contributed by atoms with Crippen LogP contribution >= 0.6 is 0 Å². The van der Waals surface area contributed by atoms with Crippen LogP contribution in [-0.4, -0.2) is 25.1 Å². The number of ketones is 1. The third-order valence-electron chi connectivity index (χ3n) is 4.20. The predicted molar refractivity (Wildman–Crippen MR) is 96.7 cm³/mol. The van der Waals surface area contributed by atoms with Gasteiger partial charge in [0.05, 0.1) is 17.4 Å². The van der Waals surface area contributed by atoms with Crippen molar-refractivity contribution in [2.75, 3.05) is 0 Å². The number of halogens is 3. The first kappa shape index (κ1) is 17.8. The zero-order chi connectivity index (χ0) is 19.9. The number of hydrogen-bond acceptors (Lipinski definition) is 4. The van der Waals surface area contributed by atoms with Gasteiger partial charge in [-0.15, -0.1) is 0 Å². The fourth-order valence-electron chi connectivity index (χ4n) is 2.84. The average Bonchev–Trinajstić information content (AvgIpc) is 3.10.